The minimum atomic E-state index is -0.238. The zero-order chi connectivity index (χ0) is 16.5. The van der Waals surface area contributed by atoms with E-state index in [4.69, 9.17) is 4.42 Å². The number of carbonyl (C=O) groups excluding carboxylic acids is 1. The van der Waals surface area contributed by atoms with Gasteiger partial charge in [0, 0.05) is 26.7 Å². The zero-order valence-electron chi connectivity index (χ0n) is 13.2. The molecule has 0 aliphatic rings. The lowest BCUT2D eigenvalue weighted by Gasteiger charge is -2.11. The van der Waals surface area contributed by atoms with Crippen LogP contribution in [0.4, 0.5) is 0 Å². The van der Waals surface area contributed by atoms with Gasteiger partial charge in [-0.25, -0.2) is 9.98 Å². The van der Waals surface area contributed by atoms with Crippen molar-refractivity contribution in [2.75, 3.05) is 19.6 Å². The highest BCUT2D eigenvalue weighted by Crippen LogP contribution is 1.98. The van der Waals surface area contributed by atoms with Gasteiger partial charge >= 0.3 is 0 Å². The molecular formula is C14H21N7O2. The van der Waals surface area contributed by atoms with Gasteiger partial charge in [-0.2, -0.15) is 5.10 Å². The van der Waals surface area contributed by atoms with Crippen LogP contribution in [0.2, 0.25) is 0 Å². The lowest BCUT2D eigenvalue weighted by atomic mass is 10.4. The predicted molar refractivity (Wildman–Crippen MR) is 84.9 cm³/mol. The van der Waals surface area contributed by atoms with Crippen molar-refractivity contribution in [2.45, 2.75) is 13.5 Å². The molecule has 2 rings (SSSR count). The summed E-state index contributed by atoms with van der Waals surface area (Å²) in [6.45, 7) is 4.14. The van der Waals surface area contributed by atoms with Crippen LogP contribution in [0.5, 0.6) is 0 Å². The molecule has 2 aromatic rings. The summed E-state index contributed by atoms with van der Waals surface area (Å²) >= 11 is 0. The Kier molecular flexibility index (Phi) is 6.16. The number of hydrogen-bond acceptors (Lipinski definition) is 5. The summed E-state index contributed by atoms with van der Waals surface area (Å²) in [6, 6.07) is 3.30. The van der Waals surface area contributed by atoms with E-state index < -0.39 is 0 Å². The molecule has 3 N–H and O–H groups in total. The molecule has 124 valence electrons. The van der Waals surface area contributed by atoms with Crippen LogP contribution in [-0.2, 0) is 13.6 Å². The predicted octanol–water partition coefficient (Wildman–Crippen LogP) is -0.107. The average molecular weight is 319 g/mol. The fourth-order valence-corrected chi connectivity index (χ4v) is 1.81. The van der Waals surface area contributed by atoms with Gasteiger partial charge in [0.25, 0.3) is 5.91 Å². The topological polar surface area (TPSA) is 109 Å². The smallest absolute Gasteiger partial charge is 0.287 e. The van der Waals surface area contributed by atoms with Crippen LogP contribution in [0.3, 0.4) is 0 Å². The average Bonchev–Trinajstić information content (AvgIpc) is 3.20. The van der Waals surface area contributed by atoms with Crippen LogP contribution in [0.1, 0.15) is 23.3 Å². The minimum absolute atomic E-state index is 0.238. The van der Waals surface area contributed by atoms with Crippen molar-refractivity contribution < 1.29 is 9.21 Å². The van der Waals surface area contributed by atoms with Crippen molar-refractivity contribution in [3.8, 4) is 0 Å². The second-order valence-electron chi connectivity index (χ2n) is 4.66. The summed E-state index contributed by atoms with van der Waals surface area (Å²) in [4.78, 5) is 20.2. The summed E-state index contributed by atoms with van der Waals surface area (Å²) in [5.41, 5.74) is 0. The number of hydrogen-bond donors (Lipinski definition) is 3. The van der Waals surface area contributed by atoms with E-state index in [0.717, 1.165) is 12.4 Å². The Labute approximate surface area is 134 Å². The molecule has 0 aliphatic heterocycles. The first-order valence-corrected chi connectivity index (χ1v) is 7.37. The molecule has 9 nitrogen and oxygen atoms in total. The Bertz CT molecular complexity index is 633. The van der Waals surface area contributed by atoms with Crippen molar-refractivity contribution in [3.05, 3.63) is 36.3 Å². The third-order valence-corrected chi connectivity index (χ3v) is 2.98. The number of guanidine groups is 1. The van der Waals surface area contributed by atoms with Crippen LogP contribution in [-0.4, -0.2) is 46.3 Å². The molecule has 2 aromatic heterocycles. The molecule has 9 heteroatoms. The lowest BCUT2D eigenvalue weighted by Crippen LogP contribution is -2.41. The highest BCUT2D eigenvalue weighted by molar-refractivity contribution is 5.91. The Morgan fingerprint density at radius 1 is 1.35 bits per heavy atom. The lowest BCUT2D eigenvalue weighted by molar-refractivity contribution is 0.0926. The highest BCUT2D eigenvalue weighted by atomic mass is 16.3. The van der Waals surface area contributed by atoms with E-state index in [1.807, 2.05) is 14.0 Å². The van der Waals surface area contributed by atoms with E-state index in [9.17, 15) is 4.79 Å². The molecule has 23 heavy (non-hydrogen) atoms. The van der Waals surface area contributed by atoms with Crippen LogP contribution in [0.15, 0.2) is 34.1 Å². The number of aliphatic imine (C=N–C) groups is 1. The summed E-state index contributed by atoms with van der Waals surface area (Å²) in [6.07, 6.45) is 2.96. The number of rotatable bonds is 7. The molecule has 0 fully saturated rings. The third-order valence-electron chi connectivity index (χ3n) is 2.98. The molecule has 2 heterocycles. The second kappa shape index (κ2) is 8.57. The minimum Gasteiger partial charge on any atom is -0.459 e. The Hall–Kier alpha value is -2.84. The summed E-state index contributed by atoms with van der Waals surface area (Å²) in [5.74, 6) is 1.49. The standard InChI is InChI=1S/C14H21N7O2/c1-3-15-14(18-9-12-19-10-20-21(12)2)17-7-6-16-13(22)11-5-4-8-23-11/h4-5,8,10H,3,6-7,9H2,1-2H3,(H,16,22)(H2,15,17,18). The first-order valence-electron chi connectivity index (χ1n) is 7.37. The van der Waals surface area contributed by atoms with Crippen molar-refractivity contribution in [3.63, 3.8) is 0 Å². The van der Waals surface area contributed by atoms with E-state index in [0.29, 0.717) is 31.4 Å². The molecule has 0 saturated heterocycles. The van der Waals surface area contributed by atoms with Crippen LogP contribution in [0.25, 0.3) is 0 Å². The van der Waals surface area contributed by atoms with Crippen LogP contribution >= 0.6 is 0 Å². The number of aryl methyl sites for hydroxylation is 1. The quantitative estimate of drug-likeness (QED) is 0.373. The highest BCUT2D eigenvalue weighted by Gasteiger charge is 2.07. The molecule has 0 aromatic carbocycles. The van der Waals surface area contributed by atoms with Crippen LogP contribution in [0, 0.1) is 0 Å². The fourth-order valence-electron chi connectivity index (χ4n) is 1.81. The normalized spacial score (nSPS) is 11.3. The molecule has 0 spiro atoms. The van der Waals surface area contributed by atoms with E-state index >= 15 is 0 Å². The molecule has 0 aliphatic carbocycles. The SMILES string of the molecule is CCNC(=NCc1ncnn1C)NCCNC(=O)c1ccco1. The molecule has 0 saturated carbocycles. The van der Waals surface area contributed by atoms with Gasteiger partial charge < -0.3 is 20.4 Å². The number of furan rings is 1. The van der Waals surface area contributed by atoms with Gasteiger partial charge in [-0.15, -0.1) is 0 Å². The number of carbonyl (C=O) groups is 1. The van der Waals surface area contributed by atoms with Crippen molar-refractivity contribution in [1.29, 1.82) is 0 Å². The maximum Gasteiger partial charge on any atom is 0.287 e. The molecule has 0 atom stereocenters. The van der Waals surface area contributed by atoms with Gasteiger partial charge in [-0.1, -0.05) is 0 Å². The molecule has 0 unspecified atom stereocenters. The Morgan fingerprint density at radius 3 is 2.83 bits per heavy atom. The Balaban J connectivity index is 1.76. The van der Waals surface area contributed by atoms with Crippen LogP contribution < -0.4 is 16.0 Å². The molecule has 0 radical (unpaired) electrons. The number of aromatic nitrogens is 3. The monoisotopic (exact) mass is 319 g/mol. The summed E-state index contributed by atoms with van der Waals surface area (Å²) in [5, 5.41) is 13.0. The van der Waals surface area contributed by atoms with E-state index in [1.165, 1.54) is 12.6 Å². The first-order chi connectivity index (χ1) is 11.2. The van der Waals surface area contributed by atoms with Crippen molar-refractivity contribution in [2.24, 2.45) is 12.0 Å². The van der Waals surface area contributed by atoms with Gasteiger partial charge in [-0.05, 0) is 19.1 Å². The third kappa shape index (κ3) is 5.13. The summed E-state index contributed by atoms with van der Waals surface area (Å²) < 4.78 is 6.70. The number of nitrogens with zero attached hydrogens (tertiary/aromatic N) is 4. The Morgan fingerprint density at radius 2 is 2.17 bits per heavy atom. The van der Waals surface area contributed by atoms with E-state index in [2.05, 4.69) is 31.0 Å². The summed E-state index contributed by atoms with van der Waals surface area (Å²) in [7, 11) is 1.82. The van der Waals surface area contributed by atoms with Crippen molar-refractivity contribution >= 4 is 11.9 Å². The fraction of sp³-hybridized carbons (Fsp3) is 0.429. The second-order valence-corrected chi connectivity index (χ2v) is 4.66. The molecule has 0 bridgehead atoms. The maximum atomic E-state index is 11.7. The van der Waals surface area contributed by atoms with E-state index in [-0.39, 0.29) is 5.91 Å². The maximum absolute atomic E-state index is 11.7. The first kappa shape index (κ1) is 16.5. The number of amides is 1. The van der Waals surface area contributed by atoms with Gasteiger partial charge in [0.15, 0.2) is 11.7 Å². The van der Waals surface area contributed by atoms with Gasteiger partial charge in [0.1, 0.15) is 18.7 Å². The van der Waals surface area contributed by atoms with Crippen molar-refractivity contribution in [1.82, 2.24) is 30.7 Å². The van der Waals surface area contributed by atoms with E-state index in [1.54, 1.807) is 16.8 Å². The zero-order valence-corrected chi connectivity index (χ0v) is 13.2. The molecular weight excluding hydrogens is 298 g/mol. The number of nitrogens with one attached hydrogen (secondary N) is 3. The van der Waals surface area contributed by atoms with Gasteiger partial charge in [-0.3, -0.25) is 9.48 Å². The molecule has 1 amide bonds. The van der Waals surface area contributed by atoms with Gasteiger partial charge in [0.05, 0.1) is 6.26 Å². The largest absolute Gasteiger partial charge is 0.459 e. The van der Waals surface area contributed by atoms with Gasteiger partial charge in [0.2, 0.25) is 0 Å².